The van der Waals surface area contributed by atoms with Gasteiger partial charge in [0, 0.05) is 28.3 Å². The average molecular weight is 1020 g/mol. The smallest absolute Gasteiger partial charge is 0.340 e. The molecule has 0 saturated heterocycles. The second-order valence-corrected chi connectivity index (χ2v) is 23.6. The molecule has 14 rings (SSSR count). The molecule has 0 saturated carbocycles. The van der Waals surface area contributed by atoms with Crippen LogP contribution >= 0.6 is 0 Å². The first-order chi connectivity index (χ1) is 42.0. The van der Waals surface area contributed by atoms with Crippen LogP contribution in [0.1, 0.15) is 40.0 Å². The van der Waals surface area contributed by atoms with Crippen molar-refractivity contribution in [2.24, 2.45) is 0 Å². The third-order valence-electron chi connectivity index (χ3n) is 14.8. The summed E-state index contributed by atoms with van der Waals surface area (Å²) in [7, 11) is -3.61. The Bertz CT molecular complexity index is 4770. The van der Waals surface area contributed by atoms with Gasteiger partial charge < -0.3 is 9.13 Å². The Morgan fingerprint density at radius 2 is 1.03 bits per heavy atom. The molecule has 3 aromatic heterocycles. The molecular formula is C70H54N6Si. The predicted molar refractivity (Wildman–Crippen MR) is 320 cm³/mol. The van der Waals surface area contributed by atoms with Crippen LogP contribution in [-0.4, -0.2) is 22.5 Å². The van der Waals surface area contributed by atoms with Crippen LogP contribution in [-0.2, 0) is 5.41 Å². The van der Waals surface area contributed by atoms with E-state index in [0.717, 1.165) is 66.3 Å². The van der Waals surface area contributed by atoms with Crippen molar-refractivity contribution in [3.8, 4) is 39.4 Å². The topological polar surface area (TPSA) is 33.1 Å². The monoisotopic (exact) mass is 1020 g/mol. The lowest BCUT2D eigenvalue weighted by Crippen LogP contribution is -2.75. The van der Waals surface area contributed by atoms with Gasteiger partial charge in [-0.15, -0.1) is 0 Å². The van der Waals surface area contributed by atoms with Gasteiger partial charge in [-0.25, -0.2) is 4.98 Å². The molecule has 0 unspecified atom stereocenters. The second kappa shape index (κ2) is 18.4. The summed E-state index contributed by atoms with van der Waals surface area (Å²) in [6.07, 6.45) is 5.54. The van der Waals surface area contributed by atoms with Crippen molar-refractivity contribution in [3.05, 3.63) is 285 Å². The van der Waals surface area contributed by atoms with Crippen LogP contribution in [0.5, 0.6) is 0 Å². The molecule has 4 heterocycles. The lowest BCUT2D eigenvalue weighted by Gasteiger charge is -2.44. The van der Waals surface area contributed by atoms with Gasteiger partial charge in [-0.05, 0) is 104 Å². The number of hydrogen-bond acceptors (Lipinski definition) is 3. The molecule has 0 aliphatic carbocycles. The van der Waals surface area contributed by atoms with Crippen LogP contribution in [0, 0.1) is 6.33 Å². The molecule has 0 radical (unpaired) electrons. The number of nitrogens with zero attached hydrogens (tertiary/aromatic N) is 6. The molecule has 1 aliphatic rings. The van der Waals surface area contributed by atoms with Gasteiger partial charge in [0.1, 0.15) is 5.82 Å². The maximum Gasteiger partial charge on any atom is 0.340 e. The van der Waals surface area contributed by atoms with E-state index in [9.17, 15) is 5.48 Å². The number of hydrogen-bond donors (Lipinski definition) is 0. The number of imidazole rings is 1. The molecule has 1 aliphatic heterocycles. The Kier molecular flexibility index (Phi) is 8.68. The van der Waals surface area contributed by atoms with E-state index in [4.69, 9.17) is 13.2 Å². The highest BCUT2D eigenvalue weighted by Gasteiger charge is 2.57. The van der Waals surface area contributed by atoms with Gasteiger partial charge >= 0.3 is 8.40 Å². The Labute approximate surface area is 464 Å². The van der Waals surface area contributed by atoms with Crippen LogP contribution in [0.2, 0.25) is 0 Å². The van der Waals surface area contributed by atoms with Gasteiger partial charge in [0.15, 0.2) is 0 Å². The van der Waals surface area contributed by atoms with Crippen molar-refractivity contribution in [1.29, 1.82) is 0 Å². The number of aromatic nitrogens is 4. The molecule has 0 bridgehead atoms. The van der Waals surface area contributed by atoms with Crippen LogP contribution in [0.25, 0.3) is 72.3 Å². The van der Waals surface area contributed by atoms with Crippen LogP contribution < -0.4 is 24.1 Å². The Balaban J connectivity index is 1.08. The van der Waals surface area contributed by atoms with E-state index in [-0.39, 0.29) is 33.4 Å². The van der Waals surface area contributed by atoms with Gasteiger partial charge in [0.2, 0.25) is 0 Å². The zero-order valence-electron chi connectivity index (χ0n) is 52.4. The van der Waals surface area contributed by atoms with E-state index < -0.39 is 68.8 Å². The summed E-state index contributed by atoms with van der Waals surface area (Å²) >= 11 is 0. The highest BCUT2D eigenvalue weighted by molar-refractivity contribution is 7.10. The minimum atomic E-state index is -3.61. The van der Waals surface area contributed by atoms with Gasteiger partial charge in [0.25, 0.3) is 6.33 Å². The molecule has 7 heteroatoms. The number of benzene rings is 10. The standard InChI is InChI=1S/C70H54N6Si/c1-70(2,3)52-43-44-71-68(45-52)74-62-40-20-19-37-60(62)61-47-66-67(48-65(61)74)76(77(56-33-15-7-16-34-56,57-35-17-8-18-36-57)75(66)53-29-13-6-14-30-53)55-32-23-31-54(46-55)72-49-73(64-42-22-21-41-63(64)72)69-58(50-25-9-4-10-26-50)38-24-39-59(69)51-27-11-5-12-28-51/h4-48H,1-3H3/i4D,5D,9D,10D,11D,12D,25D,26D,27D,28D. The van der Waals surface area contributed by atoms with Crippen molar-refractivity contribution in [2.75, 3.05) is 9.13 Å². The largest absolute Gasteiger partial charge is 0.342 e. The van der Waals surface area contributed by atoms with E-state index in [0.29, 0.717) is 16.7 Å². The first kappa shape index (κ1) is 36.4. The predicted octanol–water partition coefficient (Wildman–Crippen LogP) is 15.4. The third kappa shape index (κ3) is 7.45. The lowest BCUT2D eigenvalue weighted by atomic mass is 9.88. The number of pyridine rings is 1. The summed E-state index contributed by atoms with van der Waals surface area (Å²) in [5.41, 5.74) is 9.03. The van der Waals surface area contributed by atoms with E-state index in [1.165, 1.54) is 0 Å². The molecule has 13 aromatic rings. The number of rotatable bonds is 9. The Hall–Kier alpha value is -9.56. The zero-order chi connectivity index (χ0) is 60.4. The first-order valence-electron chi connectivity index (χ1n) is 30.6. The lowest BCUT2D eigenvalue weighted by molar-refractivity contribution is -0.571. The molecule has 0 atom stereocenters. The fourth-order valence-corrected chi connectivity index (χ4v) is 16.4. The maximum absolute atomic E-state index is 9.27. The minimum absolute atomic E-state index is 0.130. The van der Waals surface area contributed by atoms with E-state index >= 15 is 0 Å². The van der Waals surface area contributed by atoms with Crippen molar-refractivity contribution in [3.63, 3.8) is 0 Å². The first-order valence-corrected chi connectivity index (χ1v) is 27.5. The summed E-state index contributed by atoms with van der Waals surface area (Å²) in [5, 5.41) is 4.40. The minimum Gasteiger partial charge on any atom is -0.342 e. The van der Waals surface area contributed by atoms with E-state index in [2.05, 4.69) is 186 Å². The molecule has 77 heavy (non-hydrogen) atoms. The van der Waals surface area contributed by atoms with Crippen molar-refractivity contribution in [2.45, 2.75) is 26.2 Å². The average Bonchev–Trinajstić information content (AvgIpc) is 1.55. The summed E-state index contributed by atoms with van der Waals surface area (Å²) < 4.78 is 100. The van der Waals surface area contributed by atoms with Crippen LogP contribution in [0.4, 0.5) is 22.7 Å². The van der Waals surface area contributed by atoms with Gasteiger partial charge in [-0.2, -0.15) is 0 Å². The normalized spacial score (nSPS) is 15.0. The fourth-order valence-electron chi connectivity index (χ4n) is 11.5. The van der Waals surface area contributed by atoms with Gasteiger partial charge in [-0.1, -0.05) is 227 Å². The maximum atomic E-state index is 9.27. The molecule has 6 nitrogen and oxygen atoms in total. The van der Waals surface area contributed by atoms with Crippen molar-refractivity contribution >= 4 is 74.4 Å². The van der Waals surface area contributed by atoms with Crippen molar-refractivity contribution in [1.82, 2.24) is 14.1 Å². The fraction of sp³-hybridized carbons (Fsp3) is 0.0571. The van der Waals surface area contributed by atoms with Gasteiger partial charge in [0.05, 0.1) is 58.5 Å². The number of anilines is 4. The molecule has 0 N–H and O–H groups in total. The highest BCUT2D eigenvalue weighted by atomic mass is 28.3. The second-order valence-electron chi connectivity index (χ2n) is 20.3. The molecule has 10 aromatic carbocycles. The van der Waals surface area contributed by atoms with E-state index in [1.54, 1.807) is 22.8 Å². The zero-order valence-corrected chi connectivity index (χ0v) is 43.4. The summed E-state index contributed by atoms with van der Waals surface area (Å²) in [5.74, 6) is 0.806. The van der Waals surface area contributed by atoms with E-state index in [1.807, 2.05) is 53.2 Å². The summed E-state index contributed by atoms with van der Waals surface area (Å²) in [6, 6.07) is 65.2. The molecular weight excluding hydrogens is 953 g/mol. The number of para-hydroxylation sites is 5. The Morgan fingerprint density at radius 3 is 1.69 bits per heavy atom. The van der Waals surface area contributed by atoms with Crippen LogP contribution in [0.3, 0.4) is 0 Å². The highest BCUT2D eigenvalue weighted by Crippen LogP contribution is 2.53. The third-order valence-corrected chi connectivity index (χ3v) is 19.4. The Morgan fingerprint density at radius 1 is 0.481 bits per heavy atom. The number of fused-ring (bicyclic) bond motifs is 5. The van der Waals surface area contributed by atoms with Crippen LogP contribution in [0.15, 0.2) is 273 Å². The molecule has 0 amide bonds. The van der Waals surface area contributed by atoms with Crippen molar-refractivity contribution < 1.29 is 18.3 Å². The van der Waals surface area contributed by atoms with Gasteiger partial charge in [-0.3, -0.25) is 13.7 Å². The summed E-state index contributed by atoms with van der Waals surface area (Å²) in [4.78, 5) is 5.08. The molecule has 0 fully saturated rings. The quantitative estimate of drug-likeness (QED) is 0.0821. The summed E-state index contributed by atoms with van der Waals surface area (Å²) in [6.45, 7) is 6.64. The molecule has 0 spiro atoms. The molecule has 368 valence electrons. The SMILES string of the molecule is [2H]c1c([2H])c([2H])c(-c2cccc(-c3c([2H])c([2H])c([2H])c([2H])c3[2H])c2-[n+]2[c-]n(-c3cccc(N4c5cc6c(cc5N(c5ccccc5)[Si]4(c4ccccc4)c4ccccc4)c4ccccc4n6-c4cc(C(C)(C)C)ccn4)c3)c3ccccc32)c([2H])c1[2H].